The number of rotatable bonds is 3. The zero-order chi connectivity index (χ0) is 9.84. The average molecular weight is 326 g/mol. The third kappa shape index (κ3) is 3.08. The minimum absolute atomic E-state index is 0.125. The summed E-state index contributed by atoms with van der Waals surface area (Å²) in [6.45, 7) is 0. The molecule has 0 amide bonds. The Morgan fingerprint density at radius 1 is 1.46 bits per heavy atom. The number of Topliss-reactive ketones (excluding diaryl/α,β-unsaturated/α-hetero) is 1. The quantitative estimate of drug-likeness (QED) is 0.776. The molecule has 4 heteroatoms. The molecule has 0 aromatic heterocycles. The van der Waals surface area contributed by atoms with Gasteiger partial charge in [0.1, 0.15) is 5.78 Å². The minimum Gasteiger partial charge on any atom is -0.298 e. The normalized spacial score (nSPS) is 10.1. The van der Waals surface area contributed by atoms with Gasteiger partial charge in [0.05, 0.1) is 10.4 Å². The lowest BCUT2D eigenvalue weighted by Crippen LogP contribution is -2.03. The number of hydrogen-bond donors (Lipinski definition) is 0. The van der Waals surface area contributed by atoms with Gasteiger partial charge in [0.2, 0.25) is 0 Å². The maximum absolute atomic E-state index is 11.1. The third-order valence-corrected chi connectivity index (χ3v) is 3.53. The number of alkyl halides is 1. The highest BCUT2D eigenvalue weighted by Gasteiger charge is 2.07. The van der Waals surface area contributed by atoms with Crippen molar-refractivity contribution in [3.63, 3.8) is 0 Å². The Labute approximate surface area is 98.7 Å². The van der Waals surface area contributed by atoms with Gasteiger partial charge in [-0.3, -0.25) is 4.79 Å². The van der Waals surface area contributed by atoms with Crippen molar-refractivity contribution < 1.29 is 4.79 Å². The van der Waals surface area contributed by atoms with Crippen LogP contribution in [0.25, 0.3) is 0 Å². The molecule has 0 aliphatic heterocycles. The van der Waals surface area contributed by atoms with E-state index >= 15 is 0 Å². The molecule has 1 aromatic carbocycles. The molecule has 13 heavy (non-hydrogen) atoms. The fourth-order valence-electron chi connectivity index (χ4n) is 0.945. The zero-order valence-corrected chi connectivity index (χ0v) is 10.6. The van der Waals surface area contributed by atoms with Crippen molar-refractivity contribution in [1.29, 1.82) is 0 Å². The van der Waals surface area contributed by atoms with E-state index in [1.54, 1.807) is 0 Å². The van der Waals surface area contributed by atoms with Gasteiger partial charge in [0, 0.05) is 10.9 Å². The van der Waals surface area contributed by atoms with Gasteiger partial charge in [-0.15, -0.1) is 0 Å². The molecule has 0 saturated heterocycles. The highest BCUT2D eigenvalue weighted by atomic mass is 79.9. The van der Waals surface area contributed by atoms with Crippen LogP contribution in [-0.2, 0) is 11.2 Å². The summed E-state index contributed by atoms with van der Waals surface area (Å²) in [6.07, 6.45) is 0.378. The number of halogens is 3. The van der Waals surface area contributed by atoms with Crippen LogP contribution in [0.1, 0.15) is 5.56 Å². The second kappa shape index (κ2) is 5.13. The van der Waals surface area contributed by atoms with Crippen molar-refractivity contribution >= 4 is 49.2 Å². The van der Waals surface area contributed by atoms with Crippen molar-refractivity contribution in [1.82, 2.24) is 0 Å². The maximum atomic E-state index is 11.1. The molecule has 0 spiro atoms. The van der Waals surface area contributed by atoms with Crippen LogP contribution in [0.2, 0.25) is 5.02 Å². The van der Waals surface area contributed by atoms with Gasteiger partial charge < -0.3 is 0 Å². The number of benzene rings is 1. The maximum Gasteiger partial charge on any atom is 0.147 e. The minimum atomic E-state index is 0.125. The summed E-state index contributed by atoms with van der Waals surface area (Å²) in [6, 6.07) is 5.57. The fraction of sp³-hybridized carbons (Fsp3) is 0.222. The Balaban J connectivity index is 2.89. The molecular formula is C9H7Br2ClO. The molecule has 0 aliphatic rings. The Morgan fingerprint density at radius 2 is 2.15 bits per heavy atom. The van der Waals surface area contributed by atoms with Crippen molar-refractivity contribution in [2.75, 3.05) is 5.33 Å². The first-order chi connectivity index (χ1) is 6.15. The molecule has 0 heterocycles. The summed E-state index contributed by atoms with van der Waals surface area (Å²) in [5.41, 5.74) is 0.862. The Morgan fingerprint density at radius 3 is 2.77 bits per heavy atom. The van der Waals surface area contributed by atoms with E-state index in [0.29, 0.717) is 16.8 Å². The molecule has 1 nitrogen and oxygen atoms in total. The van der Waals surface area contributed by atoms with Gasteiger partial charge in [-0.1, -0.05) is 39.7 Å². The van der Waals surface area contributed by atoms with Crippen LogP contribution < -0.4 is 0 Å². The first-order valence-electron chi connectivity index (χ1n) is 3.65. The largest absolute Gasteiger partial charge is 0.298 e. The van der Waals surface area contributed by atoms with Gasteiger partial charge in [0.25, 0.3) is 0 Å². The van der Waals surface area contributed by atoms with Crippen LogP contribution in [0.3, 0.4) is 0 Å². The van der Waals surface area contributed by atoms with Crippen LogP contribution in [0.5, 0.6) is 0 Å². The number of hydrogen-bond acceptors (Lipinski definition) is 1. The van der Waals surface area contributed by atoms with Gasteiger partial charge in [-0.25, -0.2) is 0 Å². The van der Waals surface area contributed by atoms with Gasteiger partial charge in [0.15, 0.2) is 0 Å². The first kappa shape index (κ1) is 11.2. The van der Waals surface area contributed by atoms with E-state index in [9.17, 15) is 4.79 Å². The lowest BCUT2D eigenvalue weighted by Gasteiger charge is -2.03. The van der Waals surface area contributed by atoms with E-state index < -0.39 is 0 Å². The topological polar surface area (TPSA) is 17.1 Å². The molecule has 70 valence electrons. The molecule has 0 aliphatic carbocycles. The lowest BCUT2D eigenvalue weighted by atomic mass is 10.1. The lowest BCUT2D eigenvalue weighted by molar-refractivity contribution is -0.115. The number of carbonyl (C=O) groups excluding carboxylic acids is 1. The van der Waals surface area contributed by atoms with Crippen LogP contribution in [0.4, 0.5) is 0 Å². The van der Waals surface area contributed by atoms with Gasteiger partial charge >= 0.3 is 0 Å². The monoisotopic (exact) mass is 324 g/mol. The standard InChI is InChI=1S/C9H7Br2ClO/c10-5-7(13)4-6-2-1-3-8(11)9(6)12/h1-3H,4-5H2. The molecule has 0 atom stereocenters. The van der Waals surface area contributed by atoms with Crippen LogP contribution in [-0.4, -0.2) is 11.1 Å². The molecule has 1 rings (SSSR count). The summed E-state index contributed by atoms with van der Waals surface area (Å²) in [5, 5.41) is 0.993. The summed E-state index contributed by atoms with van der Waals surface area (Å²) >= 11 is 12.4. The van der Waals surface area contributed by atoms with Crippen LogP contribution >= 0.6 is 43.5 Å². The molecule has 0 unspecified atom stereocenters. The molecule has 0 radical (unpaired) electrons. The average Bonchev–Trinajstić information content (AvgIpc) is 2.13. The molecule has 0 fully saturated rings. The van der Waals surface area contributed by atoms with E-state index in [2.05, 4.69) is 31.9 Å². The van der Waals surface area contributed by atoms with Crippen molar-refractivity contribution in [3.8, 4) is 0 Å². The Kier molecular flexibility index (Phi) is 4.42. The third-order valence-electron chi connectivity index (χ3n) is 1.57. The highest BCUT2D eigenvalue weighted by Crippen LogP contribution is 2.26. The fourth-order valence-corrected chi connectivity index (χ4v) is 1.74. The van der Waals surface area contributed by atoms with Crippen molar-refractivity contribution in [2.24, 2.45) is 0 Å². The van der Waals surface area contributed by atoms with Gasteiger partial charge in [-0.05, 0) is 27.6 Å². The summed E-state index contributed by atoms with van der Waals surface area (Å²) in [7, 11) is 0. The predicted octanol–water partition coefficient (Wildman–Crippen LogP) is 3.61. The smallest absolute Gasteiger partial charge is 0.147 e. The molecule has 0 saturated carbocycles. The summed E-state index contributed by atoms with van der Waals surface area (Å²) in [5.74, 6) is 0.125. The molecule has 0 bridgehead atoms. The van der Waals surface area contributed by atoms with Crippen LogP contribution in [0, 0.1) is 0 Å². The summed E-state index contributed by atoms with van der Waals surface area (Å²) in [4.78, 5) is 11.1. The second-order valence-corrected chi connectivity index (χ2v) is 4.36. The Bertz CT molecular complexity index is 325. The predicted molar refractivity (Wildman–Crippen MR) is 61.7 cm³/mol. The molecular weight excluding hydrogens is 319 g/mol. The van der Waals surface area contributed by atoms with E-state index in [1.807, 2.05) is 18.2 Å². The number of ketones is 1. The van der Waals surface area contributed by atoms with E-state index in [-0.39, 0.29) is 5.78 Å². The van der Waals surface area contributed by atoms with Crippen molar-refractivity contribution in [3.05, 3.63) is 33.3 Å². The van der Waals surface area contributed by atoms with E-state index in [4.69, 9.17) is 11.6 Å². The summed E-state index contributed by atoms with van der Waals surface area (Å²) < 4.78 is 0.828. The first-order valence-corrected chi connectivity index (χ1v) is 5.95. The van der Waals surface area contributed by atoms with Crippen LogP contribution in [0.15, 0.2) is 22.7 Å². The van der Waals surface area contributed by atoms with E-state index in [1.165, 1.54) is 0 Å². The van der Waals surface area contributed by atoms with Gasteiger partial charge in [-0.2, -0.15) is 0 Å². The van der Waals surface area contributed by atoms with Crippen molar-refractivity contribution in [2.45, 2.75) is 6.42 Å². The molecule has 1 aromatic rings. The SMILES string of the molecule is O=C(CBr)Cc1cccc(Br)c1Cl. The highest BCUT2D eigenvalue weighted by molar-refractivity contribution is 9.10. The zero-order valence-electron chi connectivity index (χ0n) is 6.69. The second-order valence-electron chi connectivity index (χ2n) is 2.56. The molecule has 0 N–H and O–H groups in total. The number of carbonyl (C=O) groups is 1. The van der Waals surface area contributed by atoms with E-state index in [0.717, 1.165) is 10.0 Å². The Hall–Kier alpha value is 0.140.